The van der Waals surface area contributed by atoms with Crippen LogP contribution in [0.4, 0.5) is 0 Å². The standard InChI is InChI=1S/Ni.HO2P/c;1-3-2/h;3H/q+2;-2. The Morgan fingerprint density at radius 1 is 1.25 bits per heavy atom. The van der Waals surface area contributed by atoms with E-state index in [0.717, 1.165) is 0 Å². The van der Waals surface area contributed by atoms with Gasteiger partial charge in [0, 0.05) is 0 Å². The van der Waals surface area contributed by atoms with Gasteiger partial charge in [-0.3, -0.25) is 0 Å². The maximum absolute atomic E-state index is 8.40. The largest absolute Gasteiger partial charge is 2.00 e. The van der Waals surface area contributed by atoms with Crippen LogP contribution in [-0.4, -0.2) is 0 Å². The predicted molar refractivity (Wildman–Crippen MR) is 8.31 cm³/mol. The molecule has 0 aliphatic heterocycles. The van der Waals surface area contributed by atoms with Crippen LogP contribution in [-0.2, 0) is 16.5 Å². The van der Waals surface area contributed by atoms with E-state index in [4.69, 9.17) is 9.79 Å². The van der Waals surface area contributed by atoms with Crippen molar-refractivity contribution in [3.8, 4) is 0 Å². The Morgan fingerprint density at radius 3 is 1.25 bits per heavy atom. The van der Waals surface area contributed by atoms with Crippen molar-refractivity contribution >= 4 is 9.03 Å². The van der Waals surface area contributed by atoms with Gasteiger partial charge in [0.1, 0.15) is 0 Å². The van der Waals surface area contributed by atoms with Crippen molar-refractivity contribution in [1.29, 1.82) is 0 Å². The van der Waals surface area contributed by atoms with Crippen LogP contribution in [0.15, 0.2) is 0 Å². The van der Waals surface area contributed by atoms with Crippen molar-refractivity contribution in [3.63, 3.8) is 0 Å². The third-order valence-electron chi connectivity index (χ3n) is 0. The van der Waals surface area contributed by atoms with E-state index in [2.05, 4.69) is 0 Å². The van der Waals surface area contributed by atoms with Crippen molar-refractivity contribution in [2.24, 2.45) is 0 Å². The Kier molecular flexibility index (Phi) is 20.2. The summed E-state index contributed by atoms with van der Waals surface area (Å²) in [6.45, 7) is 0. The molecule has 0 N–H and O–H groups in total. The Morgan fingerprint density at radius 2 is 1.25 bits per heavy atom. The van der Waals surface area contributed by atoms with Crippen molar-refractivity contribution < 1.29 is 26.3 Å². The molecule has 2 nitrogen and oxygen atoms in total. The van der Waals surface area contributed by atoms with E-state index in [1.165, 1.54) is 0 Å². The van der Waals surface area contributed by atoms with E-state index >= 15 is 0 Å². The first-order valence-electron chi connectivity index (χ1n) is 0.408. The quantitative estimate of drug-likeness (QED) is 0.282. The molecule has 0 aliphatic rings. The third-order valence-corrected chi connectivity index (χ3v) is 0. The summed E-state index contributed by atoms with van der Waals surface area (Å²) in [5, 5.41) is 0. The minimum atomic E-state index is -1.42. The molecule has 0 radical (unpaired) electrons. The first-order valence-corrected chi connectivity index (χ1v) is 1.22. The molecule has 0 saturated carbocycles. The summed E-state index contributed by atoms with van der Waals surface area (Å²) in [7, 11) is -1.42. The molecule has 0 unspecified atom stereocenters. The van der Waals surface area contributed by atoms with Gasteiger partial charge in [-0.05, 0) is 0 Å². The van der Waals surface area contributed by atoms with E-state index in [9.17, 15) is 0 Å². The van der Waals surface area contributed by atoms with Gasteiger partial charge in [0.15, 0.2) is 0 Å². The molecular formula is HNiO2P. The van der Waals surface area contributed by atoms with Crippen molar-refractivity contribution in [3.05, 3.63) is 0 Å². The Hall–Kier alpha value is 0.844. The Labute approximate surface area is 36.1 Å². The summed E-state index contributed by atoms with van der Waals surface area (Å²) in [5.74, 6) is 0. The minimum absolute atomic E-state index is 0. The molecule has 28 valence electrons. The van der Waals surface area contributed by atoms with Crippen LogP contribution in [0.3, 0.4) is 0 Å². The van der Waals surface area contributed by atoms with Crippen molar-refractivity contribution in [2.45, 2.75) is 0 Å². The van der Waals surface area contributed by atoms with Gasteiger partial charge >= 0.3 is 16.5 Å². The fraction of sp³-hybridized carbons (Fsp3) is 0. The summed E-state index contributed by atoms with van der Waals surface area (Å²) in [4.78, 5) is 16.8. The van der Waals surface area contributed by atoms with Gasteiger partial charge < -0.3 is 18.8 Å². The second-order valence-electron chi connectivity index (χ2n) is 0.0833. The van der Waals surface area contributed by atoms with E-state index in [-0.39, 0.29) is 16.5 Å². The summed E-state index contributed by atoms with van der Waals surface area (Å²) in [6.07, 6.45) is 0. The van der Waals surface area contributed by atoms with Gasteiger partial charge in [-0.15, -0.1) is 0 Å². The number of hydrogen-bond acceptors (Lipinski definition) is 2. The molecular weight excluding hydrogens is 122 g/mol. The van der Waals surface area contributed by atoms with Gasteiger partial charge in [-0.25, -0.2) is 0 Å². The van der Waals surface area contributed by atoms with Crippen LogP contribution in [0.1, 0.15) is 0 Å². The average Bonchev–Trinajstić information content (AvgIpc) is 0.918. The summed E-state index contributed by atoms with van der Waals surface area (Å²) in [5.41, 5.74) is 0. The van der Waals surface area contributed by atoms with Crippen molar-refractivity contribution in [1.82, 2.24) is 0 Å². The van der Waals surface area contributed by atoms with Crippen LogP contribution in [0.2, 0.25) is 0 Å². The van der Waals surface area contributed by atoms with Crippen LogP contribution in [0, 0.1) is 0 Å². The first kappa shape index (κ1) is 8.85. The van der Waals surface area contributed by atoms with Crippen LogP contribution in [0.25, 0.3) is 0 Å². The molecule has 0 aromatic heterocycles. The monoisotopic (exact) mass is 122 g/mol. The van der Waals surface area contributed by atoms with E-state index in [1.54, 1.807) is 0 Å². The molecule has 0 amide bonds. The Balaban J connectivity index is 0. The van der Waals surface area contributed by atoms with Gasteiger partial charge in [-0.2, -0.15) is 0 Å². The number of rotatable bonds is 0. The minimum Gasteiger partial charge on any atom is -0.844 e. The second kappa shape index (κ2) is 9.14. The molecule has 0 fully saturated rings. The molecule has 0 atom stereocenters. The third kappa shape index (κ3) is 13.6. The maximum atomic E-state index is 8.40. The zero-order valence-corrected chi connectivity index (χ0v) is 3.62. The molecule has 0 spiro atoms. The van der Waals surface area contributed by atoms with Crippen LogP contribution in [0.5, 0.6) is 0 Å². The van der Waals surface area contributed by atoms with Gasteiger partial charge in [0.2, 0.25) is 0 Å². The topological polar surface area (TPSA) is 46.1 Å². The normalized spacial score (nSPS) is 4.50. The first-order chi connectivity index (χ1) is 1.41. The van der Waals surface area contributed by atoms with Gasteiger partial charge in [0.05, 0.1) is 0 Å². The summed E-state index contributed by atoms with van der Waals surface area (Å²) >= 11 is 0. The maximum Gasteiger partial charge on any atom is 2.00 e. The second-order valence-corrected chi connectivity index (χ2v) is 0.250. The molecule has 0 aliphatic carbocycles. The van der Waals surface area contributed by atoms with E-state index < -0.39 is 9.03 Å². The molecule has 4 heteroatoms. The zero-order valence-electron chi connectivity index (χ0n) is 1.63. The van der Waals surface area contributed by atoms with Crippen LogP contribution >= 0.6 is 9.03 Å². The van der Waals surface area contributed by atoms with Crippen LogP contribution < -0.4 is 9.79 Å². The molecule has 0 bridgehead atoms. The molecule has 4 heavy (non-hydrogen) atoms. The fourth-order valence-corrected chi connectivity index (χ4v) is 0. The summed E-state index contributed by atoms with van der Waals surface area (Å²) in [6, 6.07) is 0. The molecule has 0 heterocycles. The Bertz CT molecular complexity index is 6.00. The molecule has 0 aromatic rings. The average molecular weight is 123 g/mol. The molecule has 0 rings (SSSR count). The smallest absolute Gasteiger partial charge is 0.844 e. The van der Waals surface area contributed by atoms with E-state index in [1.807, 2.05) is 0 Å². The van der Waals surface area contributed by atoms with Gasteiger partial charge in [0.25, 0.3) is 0 Å². The van der Waals surface area contributed by atoms with E-state index in [0.29, 0.717) is 0 Å². The SMILES string of the molecule is [Ni+2].[O-]P[O-]. The number of hydrogen-bond donors (Lipinski definition) is 0. The molecule has 0 aromatic carbocycles. The van der Waals surface area contributed by atoms with Gasteiger partial charge in [-0.1, -0.05) is 0 Å². The predicted octanol–water partition coefficient (Wildman–Crippen LogP) is -1.79. The fourth-order valence-electron chi connectivity index (χ4n) is 0. The van der Waals surface area contributed by atoms with Crippen molar-refractivity contribution in [2.75, 3.05) is 0 Å². The molecule has 0 saturated heterocycles. The zero-order chi connectivity index (χ0) is 2.71. The summed E-state index contributed by atoms with van der Waals surface area (Å²) < 4.78 is 0.